The van der Waals surface area contributed by atoms with Gasteiger partial charge in [-0.05, 0) is 39.0 Å². The van der Waals surface area contributed by atoms with Crippen LogP contribution in [0.4, 0.5) is 0 Å². The van der Waals surface area contributed by atoms with E-state index in [1.54, 1.807) is 18.2 Å². The predicted molar refractivity (Wildman–Crippen MR) is 79.9 cm³/mol. The van der Waals surface area contributed by atoms with Gasteiger partial charge in [0.15, 0.2) is 17.8 Å². The van der Waals surface area contributed by atoms with Crippen LogP contribution in [0.1, 0.15) is 42.9 Å². The third-order valence-electron chi connectivity index (χ3n) is 2.99. The fourth-order valence-corrected chi connectivity index (χ4v) is 1.94. The van der Waals surface area contributed by atoms with E-state index < -0.39 is 0 Å². The summed E-state index contributed by atoms with van der Waals surface area (Å²) in [5.74, 6) is 1.04. The largest absolute Gasteiger partial charge is 0.490 e. The SMILES string of the molecule is CCOc1cccc(C=O)c1OCc1ccn(C(C)C)n1. The lowest BCUT2D eigenvalue weighted by molar-refractivity contribution is 0.111. The van der Waals surface area contributed by atoms with Crippen LogP contribution in [0.25, 0.3) is 0 Å². The molecule has 5 heteroatoms. The van der Waals surface area contributed by atoms with Crippen molar-refractivity contribution in [3.8, 4) is 11.5 Å². The van der Waals surface area contributed by atoms with Crippen molar-refractivity contribution in [3.63, 3.8) is 0 Å². The van der Waals surface area contributed by atoms with Gasteiger partial charge in [-0.3, -0.25) is 9.48 Å². The number of hydrogen-bond donors (Lipinski definition) is 0. The van der Waals surface area contributed by atoms with Gasteiger partial charge in [0.05, 0.1) is 17.9 Å². The summed E-state index contributed by atoms with van der Waals surface area (Å²) in [7, 11) is 0. The average molecular weight is 288 g/mol. The molecule has 21 heavy (non-hydrogen) atoms. The lowest BCUT2D eigenvalue weighted by Gasteiger charge is -2.12. The number of hydrogen-bond acceptors (Lipinski definition) is 4. The molecule has 1 aromatic heterocycles. The topological polar surface area (TPSA) is 53.4 Å². The highest BCUT2D eigenvalue weighted by Crippen LogP contribution is 2.31. The van der Waals surface area contributed by atoms with Crippen LogP contribution in [0.15, 0.2) is 30.5 Å². The second-order valence-electron chi connectivity index (χ2n) is 4.89. The molecule has 0 saturated heterocycles. The van der Waals surface area contributed by atoms with Crippen molar-refractivity contribution >= 4 is 6.29 Å². The zero-order valence-electron chi connectivity index (χ0n) is 12.6. The molecule has 0 aliphatic heterocycles. The zero-order chi connectivity index (χ0) is 15.2. The monoisotopic (exact) mass is 288 g/mol. The van der Waals surface area contributed by atoms with Crippen molar-refractivity contribution in [2.24, 2.45) is 0 Å². The van der Waals surface area contributed by atoms with Gasteiger partial charge in [-0.15, -0.1) is 0 Å². The van der Waals surface area contributed by atoms with Crippen molar-refractivity contribution in [1.29, 1.82) is 0 Å². The number of para-hydroxylation sites is 1. The highest BCUT2D eigenvalue weighted by atomic mass is 16.5. The van der Waals surface area contributed by atoms with Crippen LogP contribution in [-0.4, -0.2) is 22.7 Å². The van der Waals surface area contributed by atoms with Crippen LogP contribution in [0.5, 0.6) is 11.5 Å². The van der Waals surface area contributed by atoms with Gasteiger partial charge in [0.25, 0.3) is 0 Å². The Morgan fingerprint density at radius 3 is 2.71 bits per heavy atom. The third-order valence-corrected chi connectivity index (χ3v) is 2.99. The lowest BCUT2D eigenvalue weighted by Crippen LogP contribution is -2.05. The zero-order valence-corrected chi connectivity index (χ0v) is 12.6. The van der Waals surface area contributed by atoms with E-state index in [1.807, 2.05) is 23.9 Å². The van der Waals surface area contributed by atoms with Gasteiger partial charge in [0.1, 0.15) is 6.61 Å². The number of benzene rings is 1. The number of ether oxygens (including phenoxy) is 2. The molecule has 0 bridgehead atoms. The molecule has 1 heterocycles. The molecule has 0 radical (unpaired) electrons. The van der Waals surface area contributed by atoms with E-state index >= 15 is 0 Å². The van der Waals surface area contributed by atoms with Gasteiger partial charge in [-0.25, -0.2) is 0 Å². The maximum absolute atomic E-state index is 11.1. The lowest BCUT2D eigenvalue weighted by atomic mass is 10.2. The molecule has 2 rings (SSSR count). The van der Waals surface area contributed by atoms with Gasteiger partial charge in [0.2, 0.25) is 0 Å². The Morgan fingerprint density at radius 2 is 2.10 bits per heavy atom. The van der Waals surface area contributed by atoms with E-state index in [2.05, 4.69) is 18.9 Å². The number of aromatic nitrogens is 2. The predicted octanol–water partition coefficient (Wildman–Crippen LogP) is 3.25. The van der Waals surface area contributed by atoms with Crippen molar-refractivity contribution < 1.29 is 14.3 Å². The summed E-state index contributed by atoms with van der Waals surface area (Å²) in [6.45, 7) is 6.83. The molecular weight excluding hydrogens is 268 g/mol. The first-order valence-electron chi connectivity index (χ1n) is 7.03. The number of aldehydes is 1. The second kappa shape index (κ2) is 6.92. The highest BCUT2D eigenvalue weighted by Gasteiger charge is 2.12. The Bertz CT molecular complexity index is 605. The normalized spacial score (nSPS) is 10.7. The minimum atomic E-state index is 0.296. The van der Waals surface area contributed by atoms with E-state index in [4.69, 9.17) is 9.47 Å². The first-order chi connectivity index (χ1) is 10.2. The minimum Gasteiger partial charge on any atom is -0.490 e. The quantitative estimate of drug-likeness (QED) is 0.734. The maximum atomic E-state index is 11.1. The van der Waals surface area contributed by atoms with E-state index in [9.17, 15) is 4.79 Å². The molecule has 0 amide bonds. The number of rotatable bonds is 7. The minimum absolute atomic E-state index is 0.296. The molecule has 0 spiro atoms. The second-order valence-corrected chi connectivity index (χ2v) is 4.89. The van der Waals surface area contributed by atoms with Crippen molar-refractivity contribution in [2.45, 2.75) is 33.4 Å². The van der Waals surface area contributed by atoms with Crippen LogP contribution in [-0.2, 0) is 6.61 Å². The first-order valence-corrected chi connectivity index (χ1v) is 7.03. The molecule has 0 atom stereocenters. The number of carbonyl (C=O) groups is 1. The van der Waals surface area contributed by atoms with Crippen LogP contribution >= 0.6 is 0 Å². The Hall–Kier alpha value is -2.30. The van der Waals surface area contributed by atoms with Gasteiger partial charge in [0, 0.05) is 12.2 Å². The summed E-state index contributed by atoms with van der Waals surface area (Å²) in [6.07, 6.45) is 2.68. The summed E-state index contributed by atoms with van der Waals surface area (Å²) in [6, 6.07) is 7.48. The molecule has 0 saturated carbocycles. The molecule has 0 unspecified atom stereocenters. The van der Waals surface area contributed by atoms with E-state index in [0.717, 1.165) is 12.0 Å². The molecule has 2 aromatic rings. The third kappa shape index (κ3) is 3.62. The van der Waals surface area contributed by atoms with Crippen LogP contribution in [0.3, 0.4) is 0 Å². The van der Waals surface area contributed by atoms with E-state index in [-0.39, 0.29) is 0 Å². The smallest absolute Gasteiger partial charge is 0.172 e. The van der Waals surface area contributed by atoms with Crippen LogP contribution in [0.2, 0.25) is 0 Å². The van der Waals surface area contributed by atoms with Crippen molar-refractivity contribution in [1.82, 2.24) is 9.78 Å². The standard InChI is InChI=1S/C16H20N2O3/c1-4-20-15-7-5-6-13(10-19)16(15)21-11-14-8-9-18(17-14)12(2)3/h5-10,12H,4,11H2,1-3H3. The molecular formula is C16H20N2O3. The van der Waals surface area contributed by atoms with Gasteiger partial charge in [-0.2, -0.15) is 5.10 Å². The molecule has 112 valence electrons. The highest BCUT2D eigenvalue weighted by molar-refractivity contribution is 5.81. The summed E-state index contributed by atoms with van der Waals surface area (Å²) in [5.41, 5.74) is 1.29. The van der Waals surface area contributed by atoms with Crippen molar-refractivity contribution in [3.05, 3.63) is 41.7 Å². The maximum Gasteiger partial charge on any atom is 0.172 e. The molecule has 0 aliphatic carbocycles. The molecule has 0 fully saturated rings. The molecule has 0 aliphatic rings. The Morgan fingerprint density at radius 1 is 1.29 bits per heavy atom. The Balaban J connectivity index is 2.16. The number of nitrogens with zero attached hydrogens (tertiary/aromatic N) is 2. The summed E-state index contributed by atoms with van der Waals surface area (Å²) >= 11 is 0. The van der Waals surface area contributed by atoms with E-state index in [1.165, 1.54) is 0 Å². The average Bonchev–Trinajstić information content (AvgIpc) is 2.95. The Labute approximate surface area is 124 Å². The first kappa shape index (κ1) is 15.1. The van der Waals surface area contributed by atoms with Gasteiger partial charge >= 0.3 is 0 Å². The van der Waals surface area contributed by atoms with Crippen LogP contribution < -0.4 is 9.47 Å². The fourth-order valence-electron chi connectivity index (χ4n) is 1.94. The molecule has 1 aromatic carbocycles. The van der Waals surface area contributed by atoms with Gasteiger partial charge < -0.3 is 9.47 Å². The molecule has 0 N–H and O–H groups in total. The van der Waals surface area contributed by atoms with Crippen LogP contribution in [0, 0.1) is 0 Å². The summed E-state index contributed by atoms with van der Waals surface area (Å²) < 4.78 is 13.1. The summed E-state index contributed by atoms with van der Waals surface area (Å²) in [4.78, 5) is 11.1. The van der Waals surface area contributed by atoms with Gasteiger partial charge in [-0.1, -0.05) is 6.07 Å². The van der Waals surface area contributed by atoms with Crippen molar-refractivity contribution in [2.75, 3.05) is 6.61 Å². The summed E-state index contributed by atoms with van der Waals surface area (Å²) in [5, 5.41) is 4.42. The Kier molecular flexibility index (Phi) is 4.98. The fraction of sp³-hybridized carbons (Fsp3) is 0.375. The number of carbonyl (C=O) groups excluding carboxylic acids is 1. The molecule has 5 nitrogen and oxygen atoms in total. The van der Waals surface area contributed by atoms with E-state index in [0.29, 0.717) is 36.3 Å².